The quantitative estimate of drug-likeness (QED) is 0.632. The highest BCUT2D eigenvalue weighted by atomic mass is 32.2. The second-order valence-corrected chi connectivity index (χ2v) is 6.57. The van der Waals surface area contributed by atoms with Gasteiger partial charge in [0.05, 0.1) is 18.1 Å². The SMILES string of the molecule is COCCN1C(=O)/C(=C/c2cccc3ccccc23)SC1=S. The standard InChI is InChI=1S/C17H15NO2S2/c1-20-10-9-18-16(19)15(22-17(18)21)11-13-7-4-6-12-5-2-3-8-14(12)13/h2-8,11H,9-10H2,1H3/b15-11-. The summed E-state index contributed by atoms with van der Waals surface area (Å²) in [6, 6.07) is 14.2. The molecule has 22 heavy (non-hydrogen) atoms. The van der Waals surface area contributed by atoms with Gasteiger partial charge in [-0.3, -0.25) is 9.69 Å². The van der Waals surface area contributed by atoms with Crippen LogP contribution in [0.2, 0.25) is 0 Å². The van der Waals surface area contributed by atoms with Crippen molar-refractivity contribution in [3.63, 3.8) is 0 Å². The Balaban J connectivity index is 1.95. The summed E-state index contributed by atoms with van der Waals surface area (Å²) in [6.07, 6.45) is 1.93. The molecule has 1 saturated heterocycles. The van der Waals surface area contributed by atoms with Gasteiger partial charge in [-0.15, -0.1) is 0 Å². The van der Waals surface area contributed by atoms with Gasteiger partial charge in [-0.1, -0.05) is 66.4 Å². The second kappa shape index (κ2) is 6.60. The van der Waals surface area contributed by atoms with E-state index >= 15 is 0 Å². The van der Waals surface area contributed by atoms with Gasteiger partial charge in [0.15, 0.2) is 0 Å². The third kappa shape index (κ3) is 2.92. The fraction of sp³-hybridized carbons (Fsp3) is 0.176. The molecule has 2 aromatic carbocycles. The Kier molecular flexibility index (Phi) is 4.57. The lowest BCUT2D eigenvalue weighted by Crippen LogP contribution is -2.31. The number of hydrogen-bond acceptors (Lipinski definition) is 4. The lowest BCUT2D eigenvalue weighted by Gasteiger charge is -2.12. The Bertz CT molecular complexity index is 765. The minimum absolute atomic E-state index is 0.0417. The van der Waals surface area contributed by atoms with Gasteiger partial charge in [0.1, 0.15) is 4.32 Å². The normalized spacial score (nSPS) is 17.0. The lowest BCUT2D eigenvalue weighted by molar-refractivity contribution is -0.122. The fourth-order valence-corrected chi connectivity index (χ4v) is 3.69. The first-order valence-electron chi connectivity index (χ1n) is 6.93. The highest BCUT2D eigenvalue weighted by Gasteiger charge is 2.31. The summed E-state index contributed by atoms with van der Waals surface area (Å²) in [5, 5.41) is 2.29. The minimum atomic E-state index is -0.0417. The van der Waals surface area contributed by atoms with Crippen LogP contribution in [0.1, 0.15) is 5.56 Å². The molecule has 0 bridgehead atoms. The molecule has 112 valence electrons. The van der Waals surface area contributed by atoms with Crippen LogP contribution in [0, 0.1) is 0 Å². The Hall–Kier alpha value is -1.69. The van der Waals surface area contributed by atoms with Gasteiger partial charge >= 0.3 is 0 Å². The summed E-state index contributed by atoms with van der Waals surface area (Å²) in [5.41, 5.74) is 1.03. The fourth-order valence-electron chi connectivity index (χ4n) is 2.39. The number of hydrogen-bond donors (Lipinski definition) is 0. The van der Waals surface area contributed by atoms with Gasteiger partial charge < -0.3 is 4.74 Å². The summed E-state index contributed by atoms with van der Waals surface area (Å²) >= 11 is 6.64. The van der Waals surface area contributed by atoms with Crippen LogP contribution in [0.3, 0.4) is 0 Å². The largest absolute Gasteiger partial charge is 0.383 e. The smallest absolute Gasteiger partial charge is 0.266 e. The summed E-state index contributed by atoms with van der Waals surface area (Å²) in [5.74, 6) is -0.0417. The van der Waals surface area contributed by atoms with E-state index in [1.54, 1.807) is 12.0 Å². The monoisotopic (exact) mass is 329 g/mol. The highest BCUT2D eigenvalue weighted by molar-refractivity contribution is 8.26. The molecule has 1 amide bonds. The zero-order valence-corrected chi connectivity index (χ0v) is 13.7. The van der Waals surface area contributed by atoms with Crippen molar-refractivity contribution < 1.29 is 9.53 Å². The molecule has 0 N–H and O–H groups in total. The van der Waals surface area contributed by atoms with E-state index in [0.29, 0.717) is 22.4 Å². The number of nitrogens with zero attached hydrogens (tertiary/aromatic N) is 1. The number of methoxy groups -OCH3 is 1. The van der Waals surface area contributed by atoms with E-state index in [4.69, 9.17) is 17.0 Å². The van der Waals surface area contributed by atoms with Crippen molar-refractivity contribution in [1.29, 1.82) is 0 Å². The average Bonchev–Trinajstić information content (AvgIpc) is 2.80. The summed E-state index contributed by atoms with van der Waals surface area (Å²) in [6.45, 7) is 0.974. The molecule has 3 rings (SSSR count). The summed E-state index contributed by atoms with van der Waals surface area (Å²) in [7, 11) is 1.61. The average molecular weight is 329 g/mol. The van der Waals surface area contributed by atoms with Crippen molar-refractivity contribution >= 4 is 51.1 Å². The van der Waals surface area contributed by atoms with Crippen LogP contribution in [0.4, 0.5) is 0 Å². The maximum Gasteiger partial charge on any atom is 0.266 e. The predicted octanol–water partition coefficient (Wildman–Crippen LogP) is 3.69. The topological polar surface area (TPSA) is 29.5 Å². The van der Waals surface area contributed by atoms with E-state index in [2.05, 4.69) is 18.2 Å². The Morgan fingerprint density at radius 2 is 2.00 bits per heavy atom. The first-order chi connectivity index (χ1) is 10.7. The molecule has 0 atom stereocenters. The first kappa shape index (κ1) is 15.2. The molecule has 1 heterocycles. The maximum atomic E-state index is 12.5. The maximum absolute atomic E-state index is 12.5. The van der Waals surface area contributed by atoms with E-state index in [-0.39, 0.29) is 5.91 Å². The molecule has 2 aromatic rings. The molecule has 0 aromatic heterocycles. The first-order valence-corrected chi connectivity index (χ1v) is 8.15. The number of rotatable bonds is 4. The van der Waals surface area contributed by atoms with Crippen LogP contribution in [-0.4, -0.2) is 35.4 Å². The molecule has 1 aliphatic heterocycles. The van der Waals surface area contributed by atoms with E-state index in [0.717, 1.165) is 16.3 Å². The number of amides is 1. The number of thioether (sulfide) groups is 1. The van der Waals surface area contributed by atoms with Crippen molar-refractivity contribution in [2.75, 3.05) is 20.3 Å². The Morgan fingerprint density at radius 1 is 1.23 bits per heavy atom. The van der Waals surface area contributed by atoms with Crippen LogP contribution >= 0.6 is 24.0 Å². The minimum Gasteiger partial charge on any atom is -0.383 e. The van der Waals surface area contributed by atoms with Gasteiger partial charge in [-0.25, -0.2) is 0 Å². The third-order valence-corrected chi connectivity index (χ3v) is 4.88. The zero-order chi connectivity index (χ0) is 15.5. The molecule has 0 unspecified atom stereocenters. The van der Waals surface area contributed by atoms with Crippen LogP contribution in [0.25, 0.3) is 16.8 Å². The highest BCUT2D eigenvalue weighted by Crippen LogP contribution is 2.33. The number of fused-ring (bicyclic) bond motifs is 1. The predicted molar refractivity (Wildman–Crippen MR) is 95.7 cm³/mol. The van der Waals surface area contributed by atoms with Gasteiger partial charge in [0, 0.05) is 7.11 Å². The molecule has 0 radical (unpaired) electrons. The molecule has 0 saturated carbocycles. The van der Waals surface area contributed by atoms with Crippen molar-refractivity contribution in [1.82, 2.24) is 4.90 Å². The van der Waals surface area contributed by atoms with Crippen LogP contribution in [-0.2, 0) is 9.53 Å². The molecule has 1 aliphatic rings. The third-order valence-electron chi connectivity index (χ3n) is 3.50. The van der Waals surface area contributed by atoms with Crippen molar-refractivity contribution in [2.24, 2.45) is 0 Å². The van der Waals surface area contributed by atoms with Crippen LogP contribution < -0.4 is 0 Å². The van der Waals surface area contributed by atoms with Gasteiger partial charge in [-0.05, 0) is 22.4 Å². The second-order valence-electron chi connectivity index (χ2n) is 4.89. The van der Waals surface area contributed by atoms with E-state index < -0.39 is 0 Å². The molecule has 0 spiro atoms. The van der Waals surface area contributed by atoms with E-state index in [9.17, 15) is 4.79 Å². The zero-order valence-electron chi connectivity index (χ0n) is 12.1. The molecule has 5 heteroatoms. The number of carbonyl (C=O) groups excluding carboxylic acids is 1. The Labute approximate surface area is 138 Å². The molecule has 3 nitrogen and oxygen atoms in total. The molecule has 1 fully saturated rings. The van der Waals surface area contributed by atoms with Crippen LogP contribution in [0.5, 0.6) is 0 Å². The number of thiocarbonyl (C=S) groups is 1. The number of benzene rings is 2. The molecule has 0 aliphatic carbocycles. The van der Waals surface area contributed by atoms with Crippen LogP contribution in [0.15, 0.2) is 47.4 Å². The van der Waals surface area contributed by atoms with Gasteiger partial charge in [0.2, 0.25) is 0 Å². The van der Waals surface area contributed by atoms with E-state index in [1.807, 2.05) is 30.3 Å². The lowest BCUT2D eigenvalue weighted by atomic mass is 10.0. The Morgan fingerprint density at radius 3 is 2.82 bits per heavy atom. The van der Waals surface area contributed by atoms with Gasteiger partial charge in [0.25, 0.3) is 5.91 Å². The van der Waals surface area contributed by atoms with Crippen molar-refractivity contribution in [2.45, 2.75) is 0 Å². The van der Waals surface area contributed by atoms with Gasteiger partial charge in [-0.2, -0.15) is 0 Å². The van der Waals surface area contributed by atoms with Crippen molar-refractivity contribution in [3.8, 4) is 0 Å². The molecular weight excluding hydrogens is 314 g/mol. The van der Waals surface area contributed by atoms with Crippen molar-refractivity contribution in [3.05, 3.63) is 52.9 Å². The van der Waals surface area contributed by atoms with E-state index in [1.165, 1.54) is 11.8 Å². The summed E-state index contributed by atoms with van der Waals surface area (Å²) in [4.78, 5) is 14.7. The summed E-state index contributed by atoms with van der Waals surface area (Å²) < 4.78 is 5.62. The number of ether oxygens (including phenoxy) is 1. The molecular formula is C17H15NO2S2. The number of carbonyl (C=O) groups is 1.